The number of rotatable bonds is 14. The first kappa shape index (κ1) is 90.6. The van der Waals surface area contributed by atoms with Crippen molar-refractivity contribution < 1.29 is 128 Å². The average molecular weight is 1610 g/mol. The molecule has 8 rings (SSSR count). The van der Waals surface area contributed by atoms with Gasteiger partial charge in [-0.25, -0.2) is 28.8 Å². The maximum absolute atomic E-state index is 13.0. The normalized spacial score (nSPS) is 11.2. The van der Waals surface area contributed by atoms with Crippen LogP contribution in [0.3, 0.4) is 0 Å². The second-order valence-electron chi connectivity index (χ2n) is 20.3. The number of hydrogen-bond acceptors (Lipinski definition) is 17. The van der Waals surface area contributed by atoms with Crippen LogP contribution < -0.4 is 27.3 Å². The van der Waals surface area contributed by atoms with Crippen LogP contribution >= 0.6 is 46.4 Å². The molecular weight excluding hydrogens is 1560 g/mol. The third-order valence-corrected chi connectivity index (χ3v) is 14.5. The van der Waals surface area contributed by atoms with Crippen LogP contribution in [0.5, 0.6) is 0 Å². The number of nitrogens with two attached hydrogens (primary N) is 1. The zero-order valence-electron chi connectivity index (χ0n) is 55.8. The van der Waals surface area contributed by atoms with Crippen LogP contribution in [0.15, 0.2) is 135 Å². The molecule has 0 unspecified atom stereocenters. The second-order valence-corrected chi connectivity index (χ2v) is 21.9. The number of H-pyrrole nitrogens is 3. The Labute approximate surface area is 612 Å². The van der Waals surface area contributed by atoms with E-state index in [9.17, 15) is 114 Å². The number of aromatic carboxylic acids is 1. The Balaban J connectivity index is 0.000000338. The van der Waals surface area contributed by atoms with E-state index in [1.54, 1.807) is 20.8 Å². The molecule has 8 aromatic rings. The number of nitrogen functional groups attached to an aromatic ring is 1. The highest BCUT2D eigenvalue weighted by molar-refractivity contribution is 6.36. The molecule has 0 aliphatic rings. The van der Waals surface area contributed by atoms with Crippen LogP contribution in [0.25, 0.3) is 32.7 Å². The lowest BCUT2D eigenvalue weighted by Crippen LogP contribution is -2.21. The number of aromatic nitrogens is 3. The molecule has 21 nitrogen and oxygen atoms in total. The number of fused-ring (bicyclic) bond motifs is 3. The largest absolute Gasteiger partial charge is 0.477 e. The zero-order chi connectivity index (χ0) is 81.6. The van der Waals surface area contributed by atoms with Crippen LogP contribution in [0.4, 0.5) is 77.2 Å². The number of pyridine rings is 3. The number of anilines is 2. The summed E-state index contributed by atoms with van der Waals surface area (Å²) in [6.07, 6.45) is -17.9. The number of esters is 5. The highest BCUT2D eigenvalue weighted by Crippen LogP contribution is 2.39. The number of Topliss-reactive ketones (excluding diaryl/α,β-unsaturated/α-hetero) is 1. The van der Waals surface area contributed by atoms with Gasteiger partial charge in [-0.05, 0) is 121 Å². The topological polar surface area (TPSA) is 322 Å². The van der Waals surface area contributed by atoms with E-state index in [4.69, 9.17) is 66.7 Å². The van der Waals surface area contributed by atoms with Gasteiger partial charge in [0.05, 0.1) is 125 Å². The molecule has 5 aromatic carbocycles. The van der Waals surface area contributed by atoms with Gasteiger partial charge in [-0.3, -0.25) is 19.2 Å². The summed E-state index contributed by atoms with van der Waals surface area (Å²) in [5.74, 6) is -6.38. The number of alkyl halides is 15. The first-order valence-electron chi connectivity index (χ1n) is 29.9. The fourth-order valence-corrected chi connectivity index (χ4v) is 9.11. The predicted molar refractivity (Wildman–Crippen MR) is 361 cm³/mol. The Morgan fingerprint density at radius 3 is 1.23 bits per heavy atom. The van der Waals surface area contributed by atoms with Crippen molar-refractivity contribution in [1.82, 2.24) is 15.0 Å². The molecule has 0 amide bonds. The fourth-order valence-electron chi connectivity index (χ4n) is 8.39. The molecule has 0 saturated heterocycles. The number of allylic oxidation sites excluding steroid dienone is 1. The monoisotopic (exact) mass is 1610 g/mol. The van der Waals surface area contributed by atoms with Crippen molar-refractivity contribution in [2.45, 2.75) is 79.3 Å². The highest BCUT2D eigenvalue weighted by Gasteiger charge is 2.38. The third kappa shape index (κ3) is 25.0. The molecular formula is C67H56Cl4F15N5O16. The van der Waals surface area contributed by atoms with Gasteiger partial charge in [-0.15, -0.1) is 0 Å². The number of carbonyl (C=O) groups is 7. The number of nitrogens with one attached hydrogen (secondary N) is 4. The smallest absolute Gasteiger partial charge is 0.417 e. The number of ketones is 1. The minimum atomic E-state index is -4.78. The lowest BCUT2D eigenvalue weighted by atomic mass is 10.0. The number of carboxylic acid groups (broad SMARTS) is 1. The third-order valence-electron chi connectivity index (χ3n) is 13.2. The summed E-state index contributed by atoms with van der Waals surface area (Å²) in [5, 5.41) is 9.16. The summed E-state index contributed by atoms with van der Waals surface area (Å²) >= 11 is 22.7. The molecule has 40 heteroatoms. The first-order valence-corrected chi connectivity index (χ1v) is 31.4. The lowest BCUT2D eigenvalue weighted by Gasteiger charge is -2.11. The summed E-state index contributed by atoms with van der Waals surface area (Å²) in [6, 6.07) is 12.2. The zero-order valence-corrected chi connectivity index (χ0v) is 58.8. The van der Waals surface area contributed by atoms with E-state index in [0.717, 1.165) is 86.3 Å². The number of ether oxygens (including phenoxy) is 5. The van der Waals surface area contributed by atoms with E-state index in [2.05, 4.69) is 34.5 Å². The maximum Gasteiger partial charge on any atom is 0.417 e. The van der Waals surface area contributed by atoms with Gasteiger partial charge in [0.15, 0.2) is 11.4 Å². The van der Waals surface area contributed by atoms with Crippen molar-refractivity contribution >= 4 is 132 Å². The van der Waals surface area contributed by atoms with Gasteiger partial charge in [0, 0.05) is 30.3 Å². The summed E-state index contributed by atoms with van der Waals surface area (Å²) < 4.78 is 213. The number of benzene rings is 5. The maximum atomic E-state index is 13.0. The molecule has 0 aliphatic heterocycles. The Morgan fingerprint density at radius 1 is 0.467 bits per heavy atom. The summed E-state index contributed by atoms with van der Waals surface area (Å²) in [6.45, 7) is 11.2. The molecule has 0 radical (unpaired) electrons. The summed E-state index contributed by atoms with van der Waals surface area (Å²) in [7, 11) is 0. The van der Waals surface area contributed by atoms with Gasteiger partial charge in [-0.2, -0.15) is 65.9 Å². The molecule has 107 heavy (non-hydrogen) atoms. The van der Waals surface area contributed by atoms with Crippen molar-refractivity contribution in [1.29, 1.82) is 0 Å². The summed E-state index contributed by atoms with van der Waals surface area (Å²) in [5.41, 5.74) is -5.81. The first-order chi connectivity index (χ1) is 49.6. The van der Waals surface area contributed by atoms with E-state index in [0.29, 0.717) is 12.1 Å². The van der Waals surface area contributed by atoms with E-state index in [1.807, 2.05) is 0 Å². The predicted octanol–water partition coefficient (Wildman–Crippen LogP) is 16.8. The van der Waals surface area contributed by atoms with Gasteiger partial charge in [0.25, 0.3) is 0 Å². The van der Waals surface area contributed by atoms with E-state index < -0.39 is 149 Å². The minimum Gasteiger partial charge on any atom is -0.477 e. The van der Waals surface area contributed by atoms with E-state index >= 15 is 0 Å². The molecule has 0 spiro atoms. The fraction of sp³-hybridized carbons (Fsp3) is 0.254. The molecule has 7 N–H and O–H groups in total. The van der Waals surface area contributed by atoms with Gasteiger partial charge < -0.3 is 54.8 Å². The van der Waals surface area contributed by atoms with Crippen molar-refractivity contribution in [3.8, 4) is 0 Å². The van der Waals surface area contributed by atoms with Gasteiger partial charge in [-0.1, -0.05) is 58.5 Å². The molecule has 0 bridgehead atoms. The van der Waals surface area contributed by atoms with Gasteiger partial charge in [0.1, 0.15) is 16.7 Å². The molecule has 0 fully saturated rings. The van der Waals surface area contributed by atoms with Crippen molar-refractivity contribution in [3.63, 3.8) is 0 Å². The van der Waals surface area contributed by atoms with Crippen LogP contribution in [0.2, 0.25) is 20.1 Å². The van der Waals surface area contributed by atoms with E-state index in [-0.39, 0.29) is 92.2 Å². The molecule has 3 aromatic heterocycles. The second kappa shape index (κ2) is 39.1. The quantitative estimate of drug-likeness (QED) is 0.00861. The Hall–Kier alpha value is -10.6. The highest BCUT2D eigenvalue weighted by atomic mass is 35.5. The Kier molecular flexibility index (Phi) is 33.1. The van der Waals surface area contributed by atoms with Crippen LogP contribution in [0, 0.1) is 0 Å². The van der Waals surface area contributed by atoms with Crippen LogP contribution in [-0.2, 0) is 73.7 Å². The minimum absolute atomic E-state index is 0.00200. The summed E-state index contributed by atoms with van der Waals surface area (Å²) in [4.78, 5) is 122. The lowest BCUT2D eigenvalue weighted by molar-refractivity contribution is -0.148. The average Bonchev–Trinajstić information content (AvgIpc) is 0.771. The number of aromatic amines is 3. The Bertz CT molecular complexity index is 4820. The number of carbonyl (C=O) groups excluding carboxylic acids is 6. The molecule has 0 atom stereocenters. The van der Waals surface area contributed by atoms with Crippen molar-refractivity contribution in [2.24, 2.45) is 0 Å². The standard InChI is InChI=1S/C15H15ClF3NO4.C13H9ClF3NO3.C12H8F3NO2.C11H5ClF3NO3.C9H14O4.C7H5ClF3N/c1-3-23-13(21)10(14(22)24-4-2)8-20-12-7-9(15(17,18)19)5-6-11(12)16;1-2-21-12(20)6-5-18-10-8(14)4-3-7(13(15,16)17)9(10)11(6)19;1-6(17)7-5-16-9-4-2-3-8(12(13,14)15)10(9)11(7)18;12-6-2-1-5(11(13,14)15)7-8(6)16-3-4(9(7)17)10(18)19;1-4-7(8(10)12-5-2)9(11)13-6-3;8-5-2-1-4(3-6(5)12)7(9,10)11/h5-8,20H,3-4H2,1-2H3;3-5H,2H2,1H3,(H,18,19);2-5H,1H3,(H,16,18);1-3H,(H,16,17)(H,18,19);4H,5-6H2,1-3H3;1-3H,12H2. The molecule has 0 saturated carbocycles. The van der Waals surface area contributed by atoms with Gasteiger partial charge >= 0.3 is 66.7 Å². The number of hydrogen-bond donors (Lipinski definition) is 6. The van der Waals surface area contributed by atoms with E-state index in [1.165, 1.54) is 39.0 Å². The van der Waals surface area contributed by atoms with Crippen LogP contribution in [-0.4, -0.2) is 94.7 Å². The van der Waals surface area contributed by atoms with Crippen molar-refractivity contribution in [3.05, 3.63) is 216 Å². The molecule has 3 heterocycles. The number of carboxylic acids is 1. The number of halogens is 19. The molecule has 0 aliphatic carbocycles. The van der Waals surface area contributed by atoms with Crippen molar-refractivity contribution in [2.75, 3.05) is 44.1 Å². The Morgan fingerprint density at radius 2 is 0.841 bits per heavy atom. The SMILES string of the molecule is CC(=O)c1c[nH]c2cccc(C(F)(F)F)c2c1=O.CC=C(C(=O)OCC)C(=O)OCC.CCOC(=O)C(=CNc1cc(C(F)(F)F)ccc1Cl)C(=O)OCC.CCOC(=O)c1c[nH]c2c(Cl)ccc(C(F)(F)F)c2c1=O.Nc1cc(C(F)(F)F)ccc1Cl.O=C(O)c1c[nH]c2c(Cl)ccc(C(F)(F)F)c2c1=O. The van der Waals surface area contributed by atoms with Crippen LogP contribution in [0.1, 0.15) is 107 Å². The molecule has 578 valence electrons. The van der Waals surface area contributed by atoms with Gasteiger partial charge in [0.2, 0.25) is 16.3 Å².